The van der Waals surface area contributed by atoms with Crippen LogP contribution in [0.5, 0.6) is 5.75 Å². The van der Waals surface area contributed by atoms with Crippen LogP contribution < -0.4 is 10.1 Å². The van der Waals surface area contributed by atoms with Crippen molar-refractivity contribution in [2.24, 2.45) is 0 Å². The highest BCUT2D eigenvalue weighted by Gasteiger charge is 2.12. The third kappa shape index (κ3) is 5.10. The first-order valence-corrected chi connectivity index (χ1v) is 9.60. The Hall–Kier alpha value is -2.80. The molecule has 0 bridgehead atoms. The molecule has 0 spiro atoms. The van der Waals surface area contributed by atoms with E-state index in [1.807, 2.05) is 63.2 Å². The first kappa shape index (κ1) is 19.0. The van der Waals surface area contributed by atoms with Crippen molar-refractivity contribution in [2.75, 3.05) is 17.7 Å². The third-order valence-corrected chi connectivity index (χ3v) is 4.63. The highest BCUT2D eigenvalue weighted by molar-refractivity contribution is 7.99. The minimum absolute atomic E-state index is 0.116. The van der Waals surface area contributed by atoms with Crippen molar-refractivity contribution in [3.8, 4) is 17.2 Å². The molecule has 0 saturated carbocycles. The van der Waals surface area contributed by atoms with Crippen molar-refractivity contribution in [1.29, 1.82) is 0 Å². The van der Waals surface area contributed by atoms with Gasteiger partial charge in [0.2, 0.25) is 11.8 Å². The van der Waals surface area contributed by atoms with E-state index in [-0.39, 0.29) is 11.7 Å². The topological polar surface area (TPSA) is 77.2 Å². The second-order valence-corrected chi connectivity index (χ2v) is 6.91. The van der Waals surface area contributed by atoms with Crippen molar-refractivity contribution in [1.82, 2.24) is 10.2 Å². The number of hydrogen-bond acceptors (Lipinski definition) is 6. The largest absolute Gasteiger partial charge is 0.494 e. The highest BCUT2D eigenvalue weighted by Crippen LogP contribution is 2.25. The fourth-order valence-electron chi connectivity index (χ4n) is 2.43. The maximum Gasteiger partial charge on any atom is 0.277 e. The number of hydrogen-bond donors (Lipinski definition) is 1. The molecule has 27 heavy (non-hydrogen) atoms. The fraction of sp³-hybridized carbons (Fsp3) is 0.250. The molecule has 3 aromatic rings. The zero-order chi connectivity index (χ0) is 19.2. The maximum absolute atomic E-state index is 12.2. The summed E-state index contributed by atoms with van der Waals surface area (Å²) in [5.41, 5.74) is 3.74. The molecule has 0 aliphatic rings. The number of benzene rings is 2. The summed E-state index contributed by atoms with van der Waals surface area (Å²) >= 11 is 1.21. The van der Waals surface area contributed by atoms with Crippen molar-refractivity contribution in [2.45, 2.75) is 26.0 Å². The molecule has 0 aliphatic heterocycles. The number of thioether (sulfide) groups is 1. The molecule has 0 radical (unpaired) electrons. The molecular weight excluding hydrogens is 362 g/mol. The molecule has 140 valence electrons. The number of nitrogens with one attached hydrogen (secondary N) is 1. The first-order chi connectivity index (χ1) is 13.0. The van der Waals surface area contributed by atoms with E-state index in [9.17, 15) is 4.79 Å². The number of anilines is 1. The van der Waals surface area contributed by atoms with E-state index in [0.29, 0.717) is 17.7 Å². The lowest BCUT2D eigenvalue weighted by Gasteiger charge is -2.08. The van der Waals surface area contributed by atoms with Crippen LogP contribution in [0.1, 0.15) is 18.1 Å². The quantitative estimate of drug-likeness (QED) is 0.606. The summed E-state index contributed by atoms with van der Waals surface area (Å²) < 4.78 is 11.0. The van der Waals surface area contributed by atoms with Crippen LogP contribution in [0.2, 0.25) is 0 Å². The molecule has 1 aromatic heterocycles. The zero-order valence-corrected chi connectivity index (χ0v) is 16.3. The van der Waals surface area contributed by atoms with Crippen molar-refractivity contribution in [3.63, 3.8) is 0 Å². The van der Waals surface area contributed by atoms with Gasteiger partial charge in [-0.3, -0.25) is 4.79 Å². The van der Waals surface area contributed by atoms with Gasteiger partial charge in [0.25, 0.3) is 5.22 Å². The minimum atomic E-state index is -0.116. The average molecular weight is 383 g/mol. The molecule has 0 unspecified atom stereocenters. The second kappa shape index (κ2) is 8.73. The number of carbonyl (C=O) groups is 1. The molecule has 3 rings (SSSR count). The summed E-state index contributed by atoms with van der Waals surface area (Å²) in [6.45, 7) is 6.50. The lowest BCUT2D eigenvalue weighted by atomic mass is 10.1. The SMILES string of the molecule is CCOc1ccc(-c2nnc(SCC(=O)Nc3cc(C)ccc3C)o2)cc1. The summed E-state index contributed by atoms with van der Waals surface area (Å²) in [4.78, 5) is 12.2. The Kier molecular flexibility index (Phi) is 6.13. The number of rotatable bonds is 7. The Labute approximate surface area is 162 Å². The number of ether oxygens (including phenoxy) is 1. The van der Waals surface area contributed by atoms with E-state index in [4.69, 9.17) is 9.15 Å². The van der Waals surface area contributed by atoms with E-state index in [2.05, 4.69) is 15.5 Å². The third-order valence-electron chi connectivity index (χ3n) is 3.81. The number of amides is 1. The molecular formula is C20H21N3O3S. The fourth-order valence-corrected chi connectivity index (χ4v) is 2.99. The molecule has 0 saturated heterocycles. The molecule has 1 heterocycles. The average Bonchev–Trinajstić information content (AvgIpc) is 3.13. The maximum atomic E-state index is 12.2. The van der Waals surface area contributed by atoms with Gasteiger partial charge in [-0.25, -0.2) is 0 Å². The van der Waals surface area contributed by atoms with Gasteiger partial charge in [-0.1, -0.05) is 23.9 Å². The Balaban J connectivity index is 1.57. The summed E-state index contributed by atoms with van der Waals surface area (Å²) in [5, 5.41) is 11.3. The molecule has 2 aromatic carbocycles. The van der Waals surface area contributed by atoms with Crippen LogP contribution in [0.3, 0.4) is 0 Å². The normalized spacial score (nSPS) is 10.6. The van der Waals surface area contributed by atoms with Crippen LogP contribution in [0.4, 0.5) is 5.69 Å². The minimum Gasteiger partial charge on any atom is -0.494 e. The van der Waals surface area contributed by atoms with Crippen molar-refractivity contribution >= 4 is 23.4 Å². The smallest absolute Gasteiger partial charge is 0.277 e. The van der Waals surface area contributed by atoms with E-state index in [0.717, 1.165) is 28.1 Å². The highest BCUT2D eigenvalue weighted by atomic mass is 32.2. The molecule has 1 N–H and O–H groups in total. The summed E-state index contributed by atoms with van der Waals surface area (Å²) in [6.07, 6.45) is 0. The Morgan fingerprint density at radius 2 is 1.93 bits per heavy atom. The van der Waals surface area contributed by atoms with E-state index >= 15 is 0 Å². The van der Waals surface area contributed by atoms with Crippen LogP contribution >= 0.6 is 11.8 Å². The lowest BCUT2D eigenvalue weighted by Crippen LogP contribution is -2.14. The van der Waals surface area contributed by atoms with Crippen LogP contribution in [0.15, 0.2) is 52.1 Å². The van der Waals surface area contributed by atoms with Gasteiger partial charge < -0.3 is 14.5 Å². The molecule has 6 nitrogen and oxygen atoms in total. The first-order valence-electron chi connectivity index (χ1n) is 8.62. The van der Waals surface area contributed by atoms with E-state index in [1.165, 1.54) is 11.8 Å². The van der Waals surface area contributed by atoms with Gasteiger partial charge in [0, 0.05) is 11.3 Å². The van der Waals surface area contributed by atoms with Gasteiger partial charge in [-0.2, -0.15) is 0 Å². The molecule has 0 aliphatic carbocycles. The monoisotopic (exact) mass is 383 g/mol. The number of nitrogens with zero attached hydrogens (tertiary/aromatic N) is 2. The van der Waals surface area contributed by atoms with Gasteiger partial charge in [0.15, 0.2) is 0 Å². The van der Waals surface area contributed by atoms with Crippen LogP contribution in [0.25, 0.3) is 11.5 Å². The predicted octanol–water partition coefficient (Wildman–Crippen LogP) is 4.48. The Morgan fingerprint density at radius 1 is 1.15 bits per heavy atom. The second-order valence-electron chi connectivity index (χ2n) is 5.99. The predicted molar refractivity (Wildman–Crippen MR) is 106 cm³/mol. The molecule has 7 heteroatoms. The number of carbonyl (C=O) groups excluding carboxylic acids is 1. The van der Waals surface area contributed by atoms with Gasteiger partial charge >= 0.3 is 0 Å². The van der Waals surface area contributed by atoms with Gasteiger partial charge in [-0.15, -0.1) is 10.2 Å². The summed E-state index contributed by atoms with van der Waals surface area (Å²) in [6, 6.07) is 13.4. The number of aromatic nitrogens is 2. The van der Waals surface area contributed by atoms with Crippen molar-refractivity contribution < 1.29 is 13.9 Å². The van der Waals surface area contributed by atoms with Gasteiger partial charge in [0.05, 0.1) is 12.4 Å². The molecule has 0 atom stereocenters. The molecule has 0 fully saturated rings. The van der Waals surface area contributed by atoms with Gasteiger partial charge in [0.1, 0.15) is 5.75 Å². The van der Waals surface area contributed by atoms with Gasteiger partial charge in [-0.05, 0) is 62.2 Å². The van der Waals surface area contributed by atoms with Crippen molar-refractivity contribution in [3.05, 3.63) is 53.6 Å². The van der Waals surface area contributed by atoms with Crippen LogP contribution in [-0.2, 0) is 4.79 Å². The standard InChI is InChI=1S/C20H21N3O3S/c1-4-25-16-9-7-15(8-10-16)19-22-23-20(26-19)27-12-18(24)21-17-11-13(2)5-6-14(17)3/h5-11H,4,12H2,1-3H3,(H,21,24). The molecule has 1 amide bonds. The Bertz CT molecular complexity index is 922. The lowest BCUT2D eigenvalue weighted by molar-refractivity contribution is -0.113. The zero-order valence-electron chi connectivity index (χ0n) is 15.5. The Morgan fingerprint density at radius 3 is 2.67 bits per heavy atom. The van der Waals surface area contributed by atoms with Crippen LogP contribution in [-0.4, -0.2) is 28.5 Å². The summed E-state index contributed by atoms with van der Waals surface area (Å²) in [7, 11) is 0. The van der Waals surface area contributed by atoms with Crippen LogP contribution in [0, 0.1) is 13.8 Å². The van der Waals surface area contributed by atoms with E-state index in [1.54, 1.807) is 0 Å². The number of aryl methyl sites for hydroxylation is 2. The van der Waals surface area contributed by atoms with E-state index < -0.39 is 0 Å². The summed E-state index contributed by atoms with van der Waals surface area (Å²) in [5.74, 6) is 1.28.